The van der Waals surface area contributed by atoms with Gasteiger partial charge in [-0.3, -0.25) is 14.5 Å². The number of aryl methyl sites for hydroxylation is 1. The third-order valence-corrected chi connectivity index (χ3v) is 6.09. The molecule has 0 saturated carbocycles. The number of hydrogen-bond acceptors (Lipinski definition) is 4. The summed E-state index contributed by atoms with van der Waals surface area (Å²) < 4.78 is 0. The van der Waals surface area contributed by atoms with E-state index in [1.807, 2.05) is 18.2 Å². The number of Topliss-reactive ketones (excluding diaryl/α,β-unsaturated/α-hetero) is 1. The minimum absolute atomic E-state index is 0.0586. The molecule has 152 valence electrons. The quantitative estimate of drug-likeness (QED) is 0.750. The fraction of sp³-hybridized carbons (Fsp3) is 0.417. The fourth-order valence-corrected chi connectivity index (χ4v) is 4.56. The van der Waals surface area contributed by atoms with Crippen LogP contribution in [0.15, 0.2) is 42.5 Å². The molecule has 0 radical (unpaired) electrons. The molecule has 2 aromatic rings. The van der Waals surface area contributed by atoms with Gasteiger partial charge in [0.15, 0.2) is 5.78 Å². The van der Waals surface area contributed by atoms with Crippen molar-refractivity contribution < 1.29 is 9.59 Å². The molecule has 2 aliphatic rings. The van der Waals surface area contributed by atoms with Gasteiger partial charge in [0.1, 0.15) is 0 Å². The first kappa shape index (κ1) is 19.6. The first-order valence-electron chi connectivity index (χ1n) is 10.4. The van der Waals surface area contributed by atoms with Crippen molar-refractivity contribution in [2.24, 2.45) is 0 Å². The minimum atomic E-state index is 0.0586. The van der Waals surface area contributed by atoms with Crippen molar-refractivity contribution >= 4 is 23.1 Å². The maximum Gasteiger partial charge on any atom is 0.223 e. The van der Waals surface area contributed by atoms with Crippen molar-refractivity contribution in [3.8, 4) is 0 Å². The van der Waals surface area contributed by atoms with Gasteiger partial charge >= 0.3 is 0 Å². The molecule has 0 bridgehead atoms. The molecule has 0 aliphatic carbocycles. The Bertz CT molecular complexity index is 939. The summed E-state index contributed by atoms with van der Waals surface area (Å²) in [7, 11) is 0. The summed E-state index contributed by atoms with van der Waals surface area (Å²) in [6.07, 6.45) is 0.822. The number of amides is 1. The molecule has 5 heteroatoms. The molecular weight excluding hydrogens is 362 g/mol. The summed E-state index contributed by atoms with van der Waals surface area (Å²) in [5.41, 5.74) is 5.34. The number of ketones is 1. The van der Waals surface area contributed by atoms with E-state index in [4.69, 9.17) is 0 Å². The van der Waals surface area contributed by atoms with Crippen LogP contribution >= 0.6 is 0 Å². The second-order valence-corrected chi connectivity index (χ2v) is 8.30. The van der Waals surface area contributed by atoms with E-state index in [0.29, 0.717) is 19.1 Å². The van der Waals surface area contributed by atoms with Gasteiger partial charge in [0.25, 0.3) is 0 Å². The number of hydrogen-bond donors (Lipinski definition) is 0. The van der Waals surface area contributed by atoms with E-state index < -0.39 is 0 Å². The third-order valence-electron chi connectivity index (χ3n) is 6.09. The number of benzene rings is 2. The predicted molar refractivity (Wildman–Crippen MR) is 117 cm³/mol. The molecule has 1 fully saturated rings. The van der Waals surface area contributed by atoms with Crippen molar-refractivity contribution in [2.75, 3.05) is 42.5 Å². The Labute approximate surface area is 172 Å². The fourth-order valence-electron chi connectivity index (χ4n) is 4.56. The van der Waals surface area contributed by atoms with Gasteiger partial charge in [-0.15, -0.1) is 0 Å². The molecule has 2 heterocycles. The number of carbonyl (C=O) groups is 2. The molecule has 1 saturated heterocycles. The predicted octanol–water partition coefficient (Wildman–Crippen LogP) is 3.30. The van der Waals surface area contributed by atoms with Crippen molar-refractivity contribution in [3.63, 3.8) is 0 Å². The maximum absolute atomic E-state index is 12.9. The second kappa shape index (κ2) is 7.99. The molecule has 0 spiro atoms. The zero-order valence-corrected chi connectivity index (χ0v) is 17.5. The summed E-state index contributed by atoms with van der Waals surface area (Å²) in [6.45, 7) is 9.78. The largest absolute Gasteiger partial charge is 0.366 e. The second-order valence-electron chi connectivity index (χ2n) is 8.30. The highest BCUT2D eigenvalue weighted by Crippen LogP contribution is 2.29. The van der Waals surface area contributed by atoms with E-state index in [0.717, 1.165) is 42.9 Å². The van der Waals surface area contributed by atoms with Gasteiger partial charge in [-0.25, -0.2) is 0 Å². The van der Waals surface area contributed by atoms with E-state index in [1.165, 1.54) is 11.3 Å². The van der Waals surface area contributed by atoms with Crippen molar-refractivity contribution in [2.45, 2.75) is 33.2 Å². The summed E-state index contributed by atoms with van der Waals surface area (Å²) in [5, 5.41) is 0. The number of nitrogens with zero attached hydrogens (tertiary/aromatic N) is 3. The standard InChI is InChI=1S/C24H29N3O2/c1-17-5-4-6-22(13-17)26-12-11-25(15-18(26)2)16-24(29)21-7-8-23-20(14-21)9-10-27(23)19(3)28/h4-8,13-14,18H,9-12,15-16H2,1-3H3. The Hall–Kier alpha value is -2.66. The highest BCUT2D eigenvalue weighted by molar-refractivity contribution is 6.00. The van der Waals surface area contributed by atoms with E-state index in [2.05, 4.69) is 47.9 Å². The Balaban J connectivity index is 1.39. The van der Waals surface area contributed by atoms with Crippen LogP contribution in [0.2, 0.25) is 0 Å². The lowest BCUT2D eigenvalue weighted by atomic mass is 10.0. The lowest BCUT2D eigenvalue weighted by molar-refractivity contribution is -0.116. The summed E-state index contributed by atoms with van der Waals surface area (Å²) >= 11 is 0. The number of piperazine rings is 1. The Morgan fingerprint density at radius 3 is 2.62 bits per heavy atom. The molecule has 1 atom stereocenters. The average Bonchev–Trinajstić information content (AvgIpc) is 3.11. The van der Waals surface area contributed by atoms with E-state index in [-0.39, 0.29) is 11.7 Å². The van der Waals surface area contributed by atoms with Crippen LogP contribution in [0.5, 0.6) is 0 Å². The Morgan fingerprint density at radius 1 is 1.07 bits per heavy atom. The molecule has 2 aliphatic heterocycles. The first-order valence-corrected chi connectivity index (χ1v) is 10.4. The first-order chi connectivity index (χ1) is 13.9. The lowest BCUT2D eigenvalue weighted by Gasteiger charge is -2.41. The van der Waals surface area contributed by atoms with Gasteiger partial charge in [-0.1, -0.05) is 12.1 Å². The van der Waals surface area contributed by atoms with Gasteiger partial charge in [0.2, 0.25) is 5.91 Å². The molecule has 4 rings (SSSR count). The van der Waals surface area contributed by atoms with Crippen molar-refractivity contribution in [3.05, 3.63) is 59.2 Å². The number of fused-ring (bicyclic) bond motifs is 1. The highest BCUT2D eigenvalue weighted by atomic mass is 16.2. The number of anilines is 2. The van der Waals surface area contributed by atoms with Crippen molar-refractivity contribution in [1.29, 1.82) is 0 Å². The van der Waals surface area contributed by atoms with Crippen LogP contribution in [0.25, 0.3) is 0 Å². The Morgan fingerprint density at radius 2 is 1.90 bits per heavy atom. The average molecular weight is 392 g/mol. The van der Waals surface area contributed by atoms with Gasteiger partial charge in [0, 0.05) is 56.1 Å². The molecule has 0 aromatic heterocycles. The van der Waals surface area contributed by atoms with Gasteiger partial charge in [-0.2, -0.15) is 0 Å². The van der Waals surface area contributed by atoms with Crippen LogP contribution in [-0.2, 0) is 11.2 Å². The highest BCUT2D eigenvalue weighted by Gasteiger charge is 2.27. The Kier molecular flexibility index (Phi) is 5.41. The van der Waals surface area contributed by atoms with Crippen LogP contribution in [0, 0.1) is 6.92 Å². The molecule has 2 aromatic carbocycles. The van der Waals surface area contributed by atoms with Crippen LogP contribution in [0.3, 0.4) is 0 Å². The summed E-state index contributed by atoms with van der Waals surface area (Å²) in [6, 6.07) is 14.8. The van der Waals surface area contributed by atoms with E-state index in [9.17, 15) is 9.59 Å². The van der Waals surface area contributed by atoms with Crippen LogP contribution in [0.4, 0.5) is 11.4 Å². The zero-order chi connectivity index (χ0) is 20.5. The van der Waals surface area contributed by atoms with Crippen LogP contribution in [-0.4, -0.2) is 55.4 Å². The smallest absolute Gasteiger partial charge is 0.223 e. The lowest BCUT2D eigenvalue weighted by Crippen LogP contribution is -2.53. The zero-order valence-electron chi connectivity index (χ0n) is 17.5. The molecule has 29 heavy (non-hydrogen) atoms. The molecule has 0 N–H and O–H groups in total. The van der Waals surface area contributed by atoms with Gasteiger partial charge in [0.05, 0.1) is 6.54 Å². The van der Waals surface area contributed by atoms with E-state index in [1.54, 1.807) is 11.8 Å². The summed E-state index contributed by atoms with van der Waals surface area (Å²) in [5.74, 6) is 0.216. The van der Waals surface area contributed by atoms with Gasteiger partial charge < -0.3 is 9.80 Å². The van der Waals surface area contributed by atoms with Crippen molar-refractivity contribution in [1.82, 2.24) is 4.90 Å². The van der Waals surface area contributed by atoms with Crippen LogP contribution in [0.1, 0.15) is 35.3 Å². The minimum Gasteiger partial charge on any atom is -0.366 e. The SMILES string of the molecule is CC(=O)N1CCc2cc(C(=O)CN3CCN(c4cccc(C)c4)C(C)C3)ccc21. The van der Waals surface area contributed by atoms with Crippen LogP contribution < -0.4 is 9.80 Å². The molecule has 1 amide bonds. The molecule has 1 unspecified atom stereocenters. The van der Waals surface area contributed by atoms with E-state index >= 15 is 0 Å². The maximum atomic E-state index is 12.9. The van der Waals surface area contributed by atoms with Gasteiger partial charge in [-0.05, 0) is 61.7 Å². The third kappa shape index (κ3) is 4.06. The monoisotopic (exact) mass is 391 g/mol. The normalized spacial score (nSPS) is 19.3. The molecular formula is C24H29N3O2. The summed E-state index contributed by atoms with van der Waals surface area (Å²) in [4.78, 5) is 31.1. The topological polar surface area (TPSA) is 43.9 Å². The number of rotatable bonds is 4. The molecule has 5 nitrogen and oxygen atoms in total. The number of carbonyl (C=O) groups excluding carboxylic acids is 2.